The first kappa shape index (κ1) is 11.8. The van der Waals surface area contributed by atoms with Crippen molar-refractivity contribution in [3.8, 4) is 11.3 Å². The van der Waals surface area contributed by atoms with Gasteiger partial charge < -0.3 is 15.8 Å². The molecule has 0 aliphatic carbocycles. The van der Waals surface area contributed by atoms with E-state index < -0.39 is 6.10 Å². The number of imidazole rings is 1. The summed E-state index contributed by atoms with van der Waals surface area (Å²) in [7, 11) is 0. The maximum Gasteiger partial charge on any atom is 0.137 e. The standard InChI is InChI=1S/C13H17N3O/c1-8-3-5-10(6-4-8)12-9(2)15-13(16-12)11(17)7-14/h3-6,11,17H,7,14H2,1-2H3,(H,15,16). The third kappa shape index (κ3) is 2.38. The van der Waals surface area contributed by atoms with E-state index in [0.717, 1.165) is 17.0 Å². The van der Waals surface area contributed by atoms with Gasteiger partial charge in [0.15, 0.2) is 0 Å². The predicted molar refractivity (Wildman–Crippen MR) is 67.5 cm³/mol. The molecule has 90 valence electrons. The highest BCUT2D eigenvalue weighted by Crippen LogP contribution is 2.23. The second-order valence-electron chi connectivity index (χ2n) is 4.21. The number of H-pyrrole nitrogens is 1. The Hall–Kier alpha value is -1.65. The van der Waals surface area contributed by atoms with Gasteiger partial charge in [0.2, 0.25) is 0 Å². The Morgan fingerprint density at radius 3 is 2.53 bits per heavy atom. The molecule has 1 aromatic carbocycles. The quantitative estimate of drug-likeness (QED) is 0.752. The molecule has 1 heterocycles. The highest BCUT2D eigenvalue weighted by Gasteiger charge is 2.13. The average Bonchev–Trinajstić information content (AvgIpc) is 2.71. The second kappa shape index (κ2) is 4.69. The average molecular weight is 231 g/mol. The van der Waals surface area contributed by atoms with E-state index >= 15 is 0 Å². The zero-order chi connectivity index (χ0) is 12.4. The SMILES string of the molecule is Cc1ccc(-c2nc(C(O)CN)[nH]c2C)cc1. The highest BCUT2D eigenvalue weighted by molar-refractivity contribution is 5.62. The van der Waals surface area contributed by atoms with Crippen molar-refractivity contribution in [3.63, 3.8) is 0 Å². The van der Waals surface area contributed by atoms with Gasteiger partial charge in [-0.25, -0.2) is 4.98 Å². The van der Waals surface area contributed by atoms with E-state index in [0.29, 0.717) is 5.82 Å². The summed E-state index contributed by atoms with van der Waals surface area (Å²) in [4.78, 5) is 7.46. The third-order valence-electron chi connectivity index (χ3n) is 2.77. The molecule has 0 bridgehead atoms. The molecule has 2 aromatic rings. The molecule has 4 heteroatoms. The van der Waals surface area contributed by atoms with E-state index in [-0.39, 0.29) is 6.54 Å². The molecule has 2 rings (SSSR count). The summed E-state index contributed by atoms with van der Waals surface area (Å²) < 4.78 is 0. The molecule has 0 fully saturated rings. The molecule has 0 radical (unpaired) electrons. The minimum atomic E-state index is -0.729. The van der Waals surface area contributed by atoms with E-state index in [4.69, 9.17) is 5.73 Å². The lowest BCUT2D eigenvalue weighted by Gasteiger charge is -2.02. The number of aromatic nitrogens is 2. The van der Waals surface area contributed by atoms with Crippen molar-refractivity contribution in [2.24, 2.45) is 5.73 Å². The van der Waals surface area contributed by atoms with Gasteiger partial charge in [0.1, 0.15) is 11.9 Å². The number of nitrogens with one attached hydrogen (secondary N) is 1. The third-order valence-corrected chi connectivity index (χ3v) is 2.77. The first-order valence-corrected chi connectivity index (χ1v) is 5.63. The fourth-order valence-corrected chi connectivity index (χ4v) is 1.75. The summed E-state index contributed by atoms with van der Waals surface area (Å²) in [5, 5.41) is 9.64. The normalized spacial score (nSPS) is 12.7. The van der Waals surface area contributed by atoms with Crippen LogP contribution in [-0.4, -0.2) is 21.6 Å². The molecule has 0 amide bonds. The largest absolute Gasteiger partial charge is 0.384 e. The second-order valence-corrected chi connectivity index (χ2v) is 4.21. The van der Waals surface area contributed by atoms with Gasteiger partial charge in [0.05, 0.1) is 5.69 Å². The Morgan fingerprint density at radius 2 is 1.94 bits per heavy atom. The molecule has 0 saturated carbocycles. The van der Waals surface area contributed by atoms with Crippen LogP contribution in [0.1, 0.15) is 23.2 Å². The molecule has 4 nitrogen and oxygen atoms in total. The molecular formula is C13H17N3O. The molecule has 0 saturated heterocycles. The fourth-order valence-electron chi connectivity index (χ4n) is 1.75. The molecule has 4 N–H and O–H groups in total. The molecule has 0 aliphatic rings. The molecular weight excluding hydrogens is 214 g/mol. The minimum Gasteiger partial charge on any atom is -0.384 e. The number of aromatic amines is 1. The number of nitrogens with zero attached hydrogens (tertiary/aromatic N) is 1. The van der Waals surface area contributed by atoms with Crippen molar-refractivity contribution in [2.45, 2.75) is 20.0 Å². The maximum absolute atomic E-state index is 9.64. The molecule has 0 spiro atoms. The van der Waals surface area contributed by atoms with Crippen molar-refractivity contribution in [3.05, 3.63) is 41.3 Å². The van der Waals surface area contributed by atoms with Crippen LogP contribution < -0.4 is 5.73 Å². The van der Waals surface area contributed by atoms with E-state index in [1.165, 1.54) is 5.56 Å². The van der Waals surface area contributed by atoms with Crippen molar-refractivity contribution in [1.29, 1.82) is 0 Å². The summed E-state index contributed by atoms with van der Waals surface area (Å²) in [6.07, 6.45) is -0.729. The molecule has 17 heavy (non-hydrogen) atoms. The van der Waals surface area contributed by atoms with E-state index in [1.54, 1.807) is 0 Å². The Bertz CT molecular complexity index is 502. The van der Waals surface area contributed by atoms with E-state index in [1.807, 2.05) is 38.1 Å². The Kier molecular flexibility index (Phi) is 3.26. The first-order valence-electron chi connectivity index (χ1n) is 5.63. The lowest BCUT2D eigenvalue weighted by molar-refractivity contribution is 0.177. The monoisotopic (exact) mass is 231 g/mol. The van der Waals surface area contributed by atoms with E-state index in [9.17, 15) is 5.11 Å². The number of benzene rings is 1. The number of aryl methyl sites for hydroxylation is 2. The lowest BCUT2D eigenvalue weighted by Crippen LogP contribution is -2.12. The zero-order valence-corrected chi connectivity index (χ0v) is 10.1. The van der Waals surface area contributed by atoms with Crippen LogP contribution in [0.4, 0.5) is 0 Å². The topological polar surface area (TPSA) is 74.9 Å². The van der Waals surface area contributed by atoms with Crippen LogP contribution in [0.2, 0.25) is 0 Å². The van der Waals surface area contributed by atoms with Crippen LogP contribution in [0.25, 0.3) is 11.3 Å². The van der Waals surface area contributed by atoms with Gasteiger partial charge in [-0.2, -0.15) is 0 Å². The van der Waals surface area contributed by atoms with Crippen LogP contribution in [0.5, 0.6) is 0 Å². The Balaban J connectivity index is 2.39. The van der Waals surface area contributed by atoms with Crippen LogP contribution in [0, 0.1) is 13.8 Å². The fraction of sp³-hybridized carbons (Fsp3) is 0.308. The van der Waals surface area contributed by atoms with Crippen LogP contribution in [0.3, 0.4) is 0 Å². The smallest absolute Gasteiger partial charge is 0.137 e. The lowest BCUT2D eigenvalue weighted by atomic mass is 10.1. The van der Waals surface area contributed by atoms with Crippen molar-refractivity contribution in [2.75, 3.05) is 6.54 Å². The zero-order valence-electron chi connectivity index (χ0n) is 10.1. The summed E-state index contributed by atoms with van der Waals surface area (Å²) in [6, 6.07) is 8.14. The Labute approximate surface area is 101 Å². The maximum atomic E-state index is 9.64. The highest BCUT2D eigenvalue weighted by atomic mass is 16.3. The summed E-state index contributed by atoms with van der Waals surface area (Å²) in [6.45, 7) is 4.15. The Morgan fingerprint density at radius 1 is 1.29 bits per heavy atom. The number of nitrogens with two attached hydrogens (primary N) is 1. The molecule has 1 aromatic heterocycles. The summed E-state index contributed by atoms with van der Waals surface area (Å²) in [5.41, 5.74) is 9.47. The predicted octanol–water partition coefficient (Wildman–Crippen LogP) is 1.69. The number of rotatable bonds is 3. The van der Waals surface area contributed by atoms with Crippen molar-refractivity contribution >= 4 is 0 Å². The number of hydrogen-bond donors (Lipinski definition) is 3. The van der Waals surface area contributed by atoms with Gasteiger partial charge in [-0.1, -0.05) is 29.8 Å². The van der Waals surface area contributed by atoms with Crippen LogP contribution in [0.15, 0.2) is 24.3 Å². The van der Waals surface area contributed by atoms with Crippen LogP contribution in [-0.2, 0) is 0 Å². The van der Waals surface area contributed by atoms with Crippen molar-refractivity contribution < 1.29 is 5.11 Å². The summed E-state index contributed by atoms with van der Waals surface area (Å²) >= 11 is 0. The van der Waals surface area contributed by atoms with Gasteiger partial charge in [-0.15, -0.1) is 0 Å². The first-order chi connectivity index (χ1) is 8.11. The number of hydrogen-bond acceptors (Lipinski definition) is 3. The molecule has 1 atom stereocenters. The van der Waals surface area contributed by atoms with Gasteiger partial charge >= 0.3 is 0 Å². The summed E-state index contributed by atoms with van der Waals surface area (Å²) in [5.74, 6) is 0.528. The number of aliphatic hydroxyl groups is 1. The van der Waals surface area contributed by atoms with Crippen molar-refractivity contribution in [1.82, 2.24) is 9.97 Å². The van der Waals surface area contributed by atoms with Gasteiger partial charge in [0, 0.05) is 17.8 Å². The van der Waals surface area contributed by atoms with E-state index in [2.05, 4.69) is 9.97 Å². The molecule has 0 aliphatic heterocycles. The molecule has 1 unspecified atom stereocenters. The van der Waals surface area contributed by atoms with Gasteiger partial charge in [-0.05, 0) is 13.8 Å². The minimum absolute atomic E-state index is 0.167. The number of aliphatic hydroxyl groups excluding tert-OH is 1. The van der Waals surface area contributed by atoms with Gasteiger partial charge in [-0.3, -0.25) is 0 Å². The van der Waals surface area contributed by atoms with Gasteiger partial charge in [0.25, 0.3) is 0 Å². The van der Waals surface area contributed by atoms with Crippen LogP contribution >= 0.6 is 0 Å².